The van der Waals surface area contributed by atoms with E-state index in [-0.39, 0.29) is 35.8 Å². The van der Waals surface area contributed by atoms with Gasteiger partial charge in [-0.2, -0.15) is 0 Å². The van der Waals surface area contributed by atoms with Crippen LogP contribution in [0.15, 0.2) is 0 Å². The molecule has 3 rings (SSSR count). The number of carbonyl (C=O) groups is 2. The number of hydrogen-bond donors (Lipinski definition) is 1. The molecule has 0 radical (unpaired) electrons. The molecule has 0 bridgehead atoms. The Kier molecular flexibility index (Phi) is 1.89. The van der Waals surface area contributed by atoms with Gasteiger partial charge in [-0.1, -0.05) is 6.42 Å². The maximum absolute atomic E-state index is 12.0. The molecule has 1 saturated heterocycles. The first-order valence-electron chi connectivity index (χ1n) is 5.73. The lowest BCUT2D eigenvalue weighted by atomic mass is 9.88. The van der Waals surface area contributed by atoms with Crippen molar-refractivity contribution in [2.45, 2.75) is 44.2 Å². The van der Waals surface area contributed by atoms with Crippen molar-refractivity contribution in [3.05, 3.63) is 0 Å². The van der Waals surface area contributed by atoms with Crippen molar-refractivity contribution in [2.24, 2.45) is 11.8 Å². The van der Waals surface area contributed by atoms with Crippen LogP contribution in [0.5, 0.6) is 0 Å². The number of fused-ring (bicyclic) bond motifs is 1. The summed E-state index contributed by atoms with van der Waals surface area (Å²) in [6.45, 7) is 0. The number of amides is 2. The van der Waals surface area contributed by atoms with Crippen molar-refractivity contribution < 1.29 is 14.7 Å². The summed E-state index contributed by atoms with van der Waals surface area (Å²) >= 11 is 0. The van der Waals surface area contributed by atoms with Gasteiger partial charge >= 0.3 is 0 Å². The normalized spacial score (nSPS) is 44.5. The van der Waals surface area contributed by atoms with Gasteiger partial charge < -0.3 is 5.11 Å². The summed E-state index contributed by atoms with van der Waals surface area (Å²) < 4.78 is 0. The Balaban J connectivity index is 1.80. The van der Waals surface area contributed by atoms with Gasteiger partial charge in [0, 0.05) is 6.04 Å². The molecular weight excluding hydrogens is 194 g/mol. The summed E-state index contributed by atoms with van der Waals surface area (Å²) in [6.07, 6.45) is 3.61. The Morgan fingerprint density at radius 2 is 1.60 bits per heavy atom. The van der Waals surface area contributed by atoms with Crippen molar-refractivity contribution in [2.75, 3.05) is 0 Å². The minimum atomic E-state index is -0.309. The minimum absolute atomic E-state index is 0.00870. The van der Waals surface area contributed by atoms with E-state index in [0.29, 0.717) is 12.8 Å². The van der Waals surface area contributed by atoms with Gasteiger partial charge in [-0.3, -0.25) is 14.5 Å². The van der Waals surface area contributed by atoms with E-state index in [1.807, 2.05) is 0 Å². The summed E-state index contributed by atoms with van der Waals surface area (Å²) in [4.78, 5) is 25.4. The fourth-order valence-corrected chi connectivity index (χ4v) is 3.15. The smallest absolute Gasteiger partial charge is 0.233 e. The van der Waals surface area contributed by atoms with Gasteiger partial charge in [0.25, 0.3) is 0 Å². The molecule has 2 amide bonds. The van der Waals surface area contributed by atoms with E-state index in [4.69, 9.17) is 0 Å². The number of carbonyl (C=O) groups excluding carboxylic acids is 2. The second-order valence-corrected chi connectivity index (χ2v) is 4.97. The van der Waals surface area contributed by atoms with Crippen LogP contribution in [0.3, 0.4) is 0 Å². The summed E-state index contributed by atoms with van der Waals surface area (Å²) in [6, 6.07) is -0.00870. The molecule has 15 heavy (non-hydrogen) atoms. The SMILES string of the molecule is O=C1C2CCCC2C(=O)N1C1CC(O)C1. The zero-order valence-electron chi connectivity index (χ0n) is 8.56. The van der Waals surface area contributed by atoms with E-state index in [2.05, 4.69) is 0 Å². The second-order valence-electron chi connectivity index (χ2n) is 4.97. The van der Waals surface area contributed by atoms with Crippen LogP contribution < -0.4 is 0 Å². The van der Waals surface area contributed by atoms with Gasteiger partial charge in [-0.05, 0) is 25.7 Å². The minimum Gasteiger partial charge on any atom is -0.393 e. The average molecular weight is 209 g/mol. The fraction of sp³-hybridized carbons (Fsp3) is 0.818. The van der Waals surface area contributed by atoms with E-state index in [0.717, 1.165) is 19.3 Å². The molecule has 2 saturated carbocycles. The monoisotopic (exact) mass is 209 g/mol. The molecule has 1 N–H and O–H groups in total. The van der Waals surface area contributed by atoms with Gasteiger partial charge in [0.1, 0.15) is 0 Å². The van der Waals surface area contributed by atoms with Crippen LogP contribution in [-0.2, 0) is 9.59 Å². The Labute approximate surface area is 88.2 Å². The highest BCUT2D eigenvalue weighted by Gasteiger charge is 2.53. The summed E-state index contributed by atoms with van der Waals surface area (Å²) in [7, 11) is 0. The van der Waals surface area contributed by atoms with Crippen LogP contribution >= 0.6 is 0 Å². The van der Waals surface area contributed by atoms with Crippen molar-refractivity contribution >= 4 is 11.8 Å². The lowest BCUT2D eigenvalue weighted by molar-refractivity contribution is -0.147. The number of rotatable bonds is 1. The first-order valence-corrected chi connectivity index (χ1v) is 5.73. The average Bonchev–Trinajstić information content (AvgIpc) is 2.69. The van der Waals surface area contributed by atoms with Crippen LogP contribution in [0.25, 0.3) is 0 Å². The largest absolute Gasteiger partial charge is 0.393 e. The van der Waals surface area contributed by atoms with Crippen molar-refractivity contribution in [1.82, 2.24) is 4.90 Å². The number of hydrogen-bond acceptors (Lipinski definition) is 3. The summed E-state index contributed by atoms with van der Waals surface area (Å²) in [5.41, 5.74) is 0. The fourth-order valence-electron chi connectivity index (χ4n) is 3.15. The number of aliphatic hydroxyl groups excluding tert-OH is 1. The molecule has 4 nitrogen and oxygen atoms in total. The van der Waals surface area contributed by atoms with Crippen LogP contribution in [-0.4, -0.2) is 34.0 Å². The molecule has 0 aromatic heterocycles. The first kappa shape index (κ1) is 9.33. The maximum Gasteiger partial charge on any atom is 0.233 e. The highest BCUT2D eigenvalue weighted by Crippen LogP contribution is 2.42. The zero-order chi connectivity index (χ0) is 10.6. The number of nitrogens with zero attached hydrogens (tertiary/aromatic N) is 1. The van der Waals surface area contributed by atoms with Crippen LogP contribution in [0, 0.1) is 11.8 Å². The highest BCUT2D eigenvalue weighted by atomic mass is 16.3. The number of aliphatic hydroxyl groups is 1. The Morgan fingerprint density at radius 1 is 1.07 bits per heavy atom. The van der Waals surface area contributed by atoms with Crippen molar-refractivity contribution in [3.8, 4) is 0 Å². The predicted molar refractivity (Wildman–Crippen MR) is 51.7 cm³/mol. The highest BCUT2D eigenvalue weighted by molar-refractivity contribution is 6.05. The molecule has 0 aromatic carbocycles. The van der Waals surface area contributed by atoms with E-state index >= 15 is 0 Å². The molecule has 3 fully saturated rings. The molecule has 1 aliphatic heterocycles. The molecule has 3 aliphatic rings. The third-order valence-corrected chi connectivity index (χ3v) is 4.08. The molecule has 1 heterocycles. The third-order valence-electron chi connectivity index (χ3n) is 4.08. The van der Waals surface area contributed by atoms with Gasteiger partial charge in [0.05, 0.1) is 17.9 Å². The Bertz CT molecular complexity index is 300. The van der Waals surface area contributed by atoms with Crippen molar-refractivity contribution in [1.29, 1.82) is 0 Å². The lowest BCUT2D eigenvalue weighted by Crippen LogP contribution is -2.50. The zero-order valence-corrected chi connectivity index (χ0v) is 8.56. The third kappa shape index (κ3) is 1.17. The molecule has 0 aromatic rings. The van der Waals surface area contributed by atoms with E-state index in [1.165, 1.54) is 4.90 Å². The van der Waals surface area contributed by atoms with Gasteiger partial charge in [-0.25, -0.2) is 0 Å². The quantitative estimate of drug-likeness (QED) is 0.632. The Morgan fingerprint density at radius 3 is 2.07 bits per heavy atom. The molecule has 2 unspecified atom stereocenters. The van der Waals surface area contributed by atoms with E-state index in [9.17, 15) is 14.7 Å². The van der Waals surface area contributed by atoms with Crippen LogP contribution in [0.4, 0.5) is 0 Å². The second kappa shape index (κ2) is 3.04. The van der Waals surface area contributed by atoms with Crippen LogP contribution in [0.2, 0.25) is 0 Å². The van der Waals surface area contributed by atoms with E-state index in [1.54, 1.807) is 0 Å². The summed E-state index contributed by atoms with van der Waals surface area (Å²) in [5.74, 6) is -0.00992. The molecule has 2 aliphatic carbocycles. The molecular formula is C11H15NO3. The molecule has 82 valence electrons. The molecule has 0 spiro atoms. The van der Waals surface area contributed by atoms with Gasteiger partial charge in [0.15, 0.2) is 0 Å². The molecule has 4 heteroatoms. The van der Waals surface area contributed by atoms with Gasteiger partial charge in [-0.15, -0.1) is 0 Å². The van der Waals surface area contributed by atoms with Crippen molar-refractivity contribution in [3.63, 3.8) is 0 Å². The standard InChI is InChI=1S/C11H15NO3/c13-7-4-6(5-7)12-10(14)8-2-1-3-9(8)11(12)15/h6-9,13H,1-5H2. The number of likely N-dealkylation sites (tertiary alicyclic amines) is 1. The topological polar surface area (TPSA) is 57.6 Å². The summed E-state index contributed by atoms with van der Waals surface area (Å²) in [5, 5.41) is 9.20. The van der Waals surface area contributed by atoms with Crippen LogP contribution in [0.1, 0.15) is 32.1 Å². The van der Waals surface area contributed by atoms with E-state index < -0.39 is 0 Å². The van der Waals surface area contributed by atoms with Gasteiger partial charge in [0.2, 0.25) is 11.8 Å². The Hall–Kier alpha value is -0.900. The molecule has 2 atom stereocenters. The maximum atomic E-state index is 12.0. The first-order chi connectivity index (χ1) is 7.18. The predicted octanol–water partition coefficient (Wildman–Crippen LogP) is 0.295. The lowest BCUT2D eigenvalue weighted by Gasteiger charge is -2.37. The number of imide groups is 1.